The van der Waals surface area contributed by atoms with Gasteiger partial charge in [0, 0.05) is 46.0 Å². The second-order valence-corrected chi connectivity index (χ2v) is 11.9. The minimum Gasteiger partial charge on any atom is -0.493 e. The van der Waals surface area contributed by atoms with E-state index in [0.29, 0.717) is 44.1 Å². The largest absolute Gasteiger partial charge is 0.493 e. The number of amides is 1. The van der Waals surface area contributed by atoms with Crippen LogP contribution in [0.2, 0.25) is 0 Å². The van der Waals surface area contributed by atoms with Crippen LogP contribution in [-0.4, -0.2) is 106 Å². The zero-order chi connectivity index (χ0) is 30.6. The number of hydrogen-bond acceptors (Lipinski definition) is 10. The van der Waals surface area contributed by atoms with Crippen LogP contribution in [0.1, 0.15) is 29.5 Å². The van der Waals surface area contributed by atoms with E-state index in [1.54, 1.807) is 24.4 Å². The number of aliphatic hydroxyl groups excluding tert-OH is 1. The molecule has 4 aromatic rings. The predicted molar refractivity (Wildman–Crippen MR) is 158 cm³/mol. The van der Waals surface area contributed by atoms with E-state index < -0.39 is 21.5 Å². The Labute approximate surface area is 248 Å². The number of ether oxygens (including phenoxy) is 1. The first kappa shape index (κ1) is 30.3. The number of aromatic nitrogens is 5. The summed E-state index contributed by atoms with van der Waals surface area (Å²) in [6.45, 7) is 4.46. The standard InChI is InChI=1S/C28H34N8O6S/c1-3-16-42-22-8-7-20(43(40,41)35-12-10-34(11-13-35)14-15-37)17-21(22)26-31-23-24(27(38)29-2)33-36(25(23)28(39)32-26)18-19-6-4-5-9-30-19/h4-9,17,37H,3,10-16,18H2,1-2H3,(H,29,38)(H,31,32,39). The zero-order valence-electron chi connectivity index (χ0n) is 24.0. The number of aliphatic hydroxyl groups is 1. The number of carbonyl (C=O) groups is 1. The summed E-state index contributed by atoms with van der Waals surface area (Å²) in [4.78, 5) is 40.1. The molecule has 5 rings (SSSR count). The van der Waals surface area contributed by atoms with Gasteiger partial charge in [-0.05, 0) is 36.8 Å². The normalized spacial score (nSPS) is 14.7. The van der Waals surface area contributed by atoms with E-state index in [-0.39, 0.29) is 59.3 Å². The first-order valence-corrected chi connectivity index (χ1v) is 15.4. The highest BCUT2D eigenvalue weighted by molar-refractivity contribution is 7.89. The Balaban J connectivity index is 1.60. The molecular weight excluding hydrogens is 576 g/mol. The average molecular weight is 611 g/mol. The van der Waals surface area contributed by atoms with Crippen molar-refractivity contribution in [2.75, 3.05) is 53.0 Å². The number of H-pyrrole nitrogens is 1. The van der Waals surface area contributed by atoms with Crippen molar-refractivity contribution in [2.24, 2.45) is 0 Å². The van der Waals surface area contributed by atoms with Crippen molar-refractivity contribution >= 4 is 27.0 Å². The van der Waals surface area contributed by atoms with Gasteiger partial charge < -0.3 is 20.1 Å². The third kappa shape index (κ3) is 6.29. The number of sulfonamides is 1. The summed E-state index contributed by atoms with van der Waals surface area (Å²) >= 11 is 0. The van der Waals surface area contributed by atoms with Crippen LogP contribution >= 0.6 is 0 Å². The van der Waals surface area contributed by atoms with Crippen LogP contribution in [0.15, 0.2) is 52.3 Å². The lowest BCUT2D eigenvalue weighted by atomic mass is 10.1. The molecule has 0 unspecified atom stereocenters. The maximum atomic E-state index is 13.7. The lowest BCUT2D eigenvalue weighted by molar-refractivity contribution is 0.0958. The van der Waals surface area contributed by atoms with Crippen molar-refractivity contribution in [3.8, 4) is 17.1 Å². The molecule has 1 amide bonds. The molecule has 1 aliphatic heterocycles. The molecule has 0 atom stereocenters. The Kier molecular flexibility index (Phi) is 9.15. The molecule has 0 radical (unpaired) electrons. The maximum Gasteiger partial charge on any atom is 0.277 e. The third-order valence-corrected chi connectivity index (χ3v) is 9.03. The topological polar surface area (TPSA) is 176 Å². The maximum absolute atomic E-state index is 13.7. The number of β-amino-alcohol motifs (C(OH)–C–C–N with tert-alkyl or cyclic N) is 1. The highest BCUT2D eigenvalue weighted by atomic mass is 32.2. The average Bonchev–Trinajstić information content (AvgIpc) is 3.39. The van der Waals surface area contributed by atoms with Crippen LogP contribution in [0, 0.1) is 0 Å². The first-order valence-electron chi connectivity index (χ1n) is 14.0. The number of hydrogen-bond donors (Lipinski definition) is 3. The van der Waals surface area contributed by atoms with Crippen molar-refractivity contribution in [1.29, 1.82) is 0 Å². The van der Waals surface area contributed by atoms with Gasteiger partial charge in [0.25, 0.3) is 11.5 Å². The van der Waals surface area contributed by atoms with E-state index in [1.165, 1.54) is 28.2 Å². The number of benzene rings is 1. The molecule has 3 aromatic heterocycles. The van der Waals surface area contributed by atoms with Gasteiger partial charge in [0.15, 0.2) is 11.2 Å². The molecule has 0 saturated carbocycles. The number of piperazine rings is 1. The molecule has 0 aliphatic carbocycles. The summed E-state index contributed by atoms with van der Waals surface area (Å²) in [5.74, 6) is -0.165. The SMILES string of the molecule is CCCOc1ccc(S(=O)(=O)N2CCN(CCO)CC2)cc1-c1nc2c(C(=O)NC)nn(Cc3ccccn3)c2c(=O)[nH]1. The Morgan fingerprint density at radius 3 is 2.63 bits per heavy atom. The Bertz CT molecular complexity index is 1770. The molecule has 1 aromatic carbocycles. The van der Waals surface area contributed by atoms with Crippen molar-refractivity contribution in [3.05, 3.63) is 64.3 Å². The Hall–Kier alpha value is -4.18. The second kappa shape index (κ2) is 13.0. The number of nitrogens with zero attached hydrogens (tertiary/aromatic N) is 6. The van der Waals surface area contributed by atoms with E-state index in [9.17, 15) is 23.1 Å². The molecule has 15 heteroatoms. The lowest BCUT2D eigenvalue weighted by Crippen LogP contribution is -2.49. The van der Waals surface area contributed by atoms with Crippen LogP contribution in [0.25, 0.3) is 22.4 Å². The summed E-state index contributed by atoms with van der Waals surface area (Å²) in [6.07, 6.45) is 2.32. The smallest absolute Gasteiger partial charge is 0.277 e. The van der Waals surface area contributed by atoms with Crippen LogP contribution in [-0.2, 0) is 16.6 Å². The lowest BCUT2D eigenvalue weighted by Gasteiger charge is -2.33. The Morgan fingerprint density at radius 2 is 1.95 bits per heavy atom. The summed E-state index contributed by atoms with van der Waals surface area (Å²) in [7, 11) is -2.44. The van der Waals surface area contributed by atoms with Crippen molar-refractivity contribution in [2.45, 2.75) is 24.8 Å². The van der Waals surface area contributed by atoms with Gasteiger partial charge in [0.1, 0.15) is 17.1 Å². The Morgan fingerprint density at radius 1 is 1.16 bits per heavy atom. The molecule has 43 heavy (non-hydrogen) atoms. The third-order valence-electron chi connectivity index (χ3n) is 7.13. The number of nitrogens with one attached hydrogen (secondary N) is 2. The predicted octanol–water partition coefficient (Wildman–Crippen LogP) is 0.677. The van der Waals surface area contributed by atoms with E-state index in [2.05, 4.69) is 25.4 Å². The number of rotatable bonds is 11. The molecule has 14 nitrogen and oxygen atoms in total. The molecule has 1 fully saturated rings. The fraction of sp³-hybridized carbons (Fsp3) is 0.393. The first-order chi connectivity index (χ1) is 20.8. The number of aromatic amines is 1. The quantitative estimate of drug-likeness (QED) is 0.219. The van der Waals surface area contributed by atoms with Gasteiger partial charge in [-0.25, -0.2) is 13.4 Å². The van der Waals surface area contributed by atoms with Gasteiger partial charge in [-0.2, -0.15) is 9.40 Å². The van der Waals surface area contributed by atoms with E-state index >= 15 is 0 Å². The fourth-order valence-electron chi connectivity index (χ4n) is 4.92. The van der Waals surface area contributed by atoms with E-state index in [1.807, 2.05) is 17.9 Å². The van der Waals surface area contributed by atoms with Crippen LogP contribution in [0.5, 0.6) is 5.75 Å². The van der Waals surface area contributed by atoms with Crippen LogP contribution in [0.3, 0.4) is 0 Å². The van der Waals surface area contributed by atoms with Crippen molar-refractivity contribution in [3.63, 3.8) is 0 Å². The monoisotopic (exact) mass is 610 g/mol. The molecule has 228 valence electrons. The minimum atomic E-state index is -3.90. The van der Waals surface area contributed by atoms with Gasteiger partial charge in [0.05, 0.1) is 35.9 Å². The molecular formula is C28H34N8O6S. The van der Waals surface area contributed by atoms with E-state index in [4.69, 9.17) is 4.74 Å². The molecule has 1 aliphatic rings. The number of carbonyl (C=O) groups excluding carboxylic acids is 1. The zero-order valence-corrected chi connectivity index (χ0v) is 24.8. The van der Waals surface area contributed by atoms with Crippen molar-refractivity contribution < 1.29 is 23.1 Å². The van der Waals surface area contributed by atoms with Crippen LogP contribution in [0.4, 0.5) is 0 Å². The molecule has 1 saturated heterocycles. The highest BCUT2D eigenvalue weighted by Gasteiger charge is 2.30. The molecule has 3 N–H and O–H groups in total. The van der Waals surface area contributed by atoms with E-state index in [0.717, 1.165) is 0 Å². The summed E-state index contributed by atoms with van der Waals surface area (Å²) in [6, 6.07) is 9.81. The number of pyridine rings is 1. The molecule has 0 bridgehead atoms. The minimum absolute atomic E-state index is 0.00849. The fourth-order valence-corrected chi connectivity index (χ4v) is 6.37. The second-order valence-electron chi connectivity index (χ2n) is 9.99. The van der Waals surface area contributed by atoms with Gasteiger partial charge in [0.2, 0.25) is 10.0 Å². The van der Waals surface area contributed by atoms with Gasteiger partial charge in [-0.15, -0.1) is 0 Å². The molecule has 0 spiro atoms. The van der Waals surface area contributed by atoms with Gasteiger partial charge in [-0.3, -0.25) is 24.2 Å². The summed E-state index contributed by atoms with van der Waals surface area (Å²) in [5, 5.41) is 16.1. The summed E-state index contributed by atoms with van der Waals surface area (Å²) < 4.78 is 36.0. The van der Waals surface area contributed by atoms with Crippen molar-refractivity contribution in [1.82, 2.24) is 39.3 Å². The highest BCUT2D eigenvalue weighted by Crippen LogP contribution is 2.32. The van der Waals surface area contributed by atoms with Crippen LogP contribution < -0.4 is 15.6 Å². The summed E-state index contributed by atoms with van der Waals surface area (Å²) in [5.41, 5.74) is 0.406. The van der Waals surface area contributed by atoms with Gasteiger partial charge >= 0.3 is 0 Å². The molecule has 4 heterocycles. The number of fused-ring (bicyclic) bond motifs is 1. The van der Waals surface area contributed by atoms with Gasteiger partial charge in [-0.1, -0.05) is 13.0 Å².